The molecule has 3 rings (SSSR count). The molecule has 5 heteroatoms. The summed E-state index contributed by atoms with van der Waals surface area (Å²) in [6.07, 6.45) is 0. The monoisotopic (exact) mass is 366 g/mol. The number of halogens is 1. The first-order chi connectivity index (χ1) is 12.0. The maximum Gasteiger partial charge on any atom is 0.158 e. The van der Waals surface area contributed by atoms with Gasteiger partial charge < -0.3 is 5.32 Å². The fraction of sp³-hybridized carbons (Fsp3) is 0.100. The molecule has 0 saturated heterocycles. The minimum atomic E-state index is -0.448. The number of rotatable bonds is 3. The number of allylic oxidation sites excluding steroid dienone is 1. The highest BCUT2D eigenvalue weighted by atomic mass is 35.5. The van der Waals surface area contributed by atoms with Crippen molar-refractivity contribution >= 4 is 46.2 Å². The van der Waals surface area contributed by atoms with Gasteiger partial charge >= 0.3 is 0 Å². The van der Waals surface area contributed by atoms with Crippen LogP contribution in [0.1, 0.15) is 24.0 Å². The molecule has 0 fully saturated rings. The number of hydrogen-bond acceptors (Lipinski definition) is 3. The summed E-state index contributed by atoms with van der Waals surface area (Å²) in [5.41, 5.74) is 3.44. The standard InChI is InChI=1S/C20H15ClN2OS/c1-12(24)17-18(13-7-9-15(21)10-8-13)16(11-22)20(25)23-19(17)14-5-3-2-4-6-14/h2-10,18,22H,1H3,(H,23,25). The minimum absolute atomic E-state index is 0.0819. The van der Waals surface area contributed by atoms with E-state index in [1.807, 2.05) is 42.5 Å². The fourth-order valence-corrected chi connectivity index (χ4v) is 3.39. The van der Waals surface area contributed by atoms with Gasteiger partial charge in [-0.25, -0.2) is 0 Å². The summed E-state index contributed by atoms with van der Waals surface area (Å²) in [5.74, 6) is 1.89. The number of hydrogen-bond donors (Lipinski definition) is 2. The van der Waals surface area contributed by atoms with E-state index >= 15 is 0 Å². The third-order valence-corrected chi connectivity index (χ3v) is 4.68. The van der Waals surface area contributed by atoms with Crippen LogP contribution in [0.25, 0.3) is 5.70 Å². The molecule has 124 valence electrons. The van der Waals surface area contributed by atoms with Crippen LogP contribution >= 0.6 is 23.8 Å². The van der Waals surface area contributed by atoms with Gasteiger partial charge in [-0.15, -0.1) is 0 Å². The summed E-state index contributed by atoms with van der Waals surface area (Å²) in [5, 5.41) is 11.4. The third kappa shape index (κ3) is 3.33. The van der Waals surface area contributed by atoms with Gasteiger partial charge in [0.2, 0.25) is 0 Å². The molecule has 1 heterocycles. The Kier molecular flexibility index (Phi) is 4.95. The molecule has 0 saturated carbocycles. The van der Waals surface area contributed by atoms with E-state index < -0.39 is 5.92 Å². The van der Waals surface area contributed by atoms with Gasteiger partial charge in [0.05, 0.1) is 17.2 Å². The van der Waals surface area contributed by atoms with Crippen molar-refractivity contribution in [1.82, 2.24) is 5.32 Å². The van der Waals surface area contributed by atoms with Crippen molar-refractivity contribution in [2.75, 3.05) is 0 Å². The lowest BCUT2D eigenvalue weighted by Gasteiger charge is -2.30. The number of ketones is 1. The lowest BCUT2D eigenvalue weighted by Crippen LogP contribution is -2.34. The fourth-order valence-electron chi connectivity index (χ4n) is 3.00. The van der Waals surface area contributed by atoms with E-state index in [4.69, 9.17) is 29.2 Å². The Bertz CT molecular complexity index is 926. The minimum Gasteiger partial charge on any atom is -0.345 e. The van der Waals surface area contributed by atoms with E-state index in [1.165, 1.54) is 6.92 Å². The number of nitrogens with one attached hydrogen (secondary N) is 2. The average molecular weight is 367 g/mol. The van der Waals surface area contributed by atoms with Gasteiger partial charge in [0.25, 0.3) is 0 Å². The number of benzene rings is 2. The molecule has 0 spiro atoms. The van der Waals surface area contributed by atoms with E-state index in [-0.39, 0.29) is 5.78 Å². The van der Waals surface area contributed by atoms with Gasteiger partial charge in [-0.2, -0.15) is 0 Å². The highest BCUT2D eigenvalue weighted by Crippen LogP contribution is 2.39. The lowest BCUT2D eigenvalue weighted by atomic mass is 9.79. The highest BCUT2D eigenvalue weighted by molar-refractivity contribution is 7.80. The van der Waals surface area contributed by atoms with Crippen molar-refractivity contribution in [3.8, 4) is 0 Å². The van der Waals surface area contributed by atoms with Crippen molar-refractivity contribution in [3.63, 3.8) is 0 Å². The first-order valence-corrected chi connectivity index (χ1v) is 8.48. The van der Waals surface area contributed by atoms with Gasteiger partial charge in [-0.1, -0.05) is 66.3 Å². The second-order valence-electron chi connectivity index (χ2n) is 5.69. The Morgan fingerprint density at radius 1 is 1.16 bits per heavy atom. The summed E-state index contributed by atoms with van der Waals surface area (Å²) in [7, 11) is 0. The molecule has 25 heavy (non-hydrogen) atoms. The molecule has 2 aromatic carbocycles. The number of Topliss-reactive ketones (excluding diaryl/α,β-unsaturated/α-hetero) is 1. The molecular weight excluding hydrogens is 352 g/mol. The van der Waals surface area contributed by atoms with Crippen molar-refractivity contribution in [2.45, 2.75) is 12.8 Å². The van der Waals surface area contributed by atoms with Crippen molar-refractivity contribution < 1.29 is 4.79 Å². The zero-order valence-corrected chi connectivity index (χ0v) is 15.0. The first kappa shape index (κ1) is 17.3. The van der Waals surface area contributed by atoms with Gasteiger partial charge in [0.15, 0.2) is 5.78 Å². The molecule has 0 aliphatic carbocycles. The molecule has 1 aliphatic heterocycles. The third-order valence-electron chi connectivity index (χ3n) is 4.11. The summed E-state index contributed by atoms with van der Waals surface area (Å²) < 4.78 is 0. The van der Waals surface area contributed by atoms with E-state index in [9.17, 15) is 4.79 Å². The van der Waals surface area contributed by atoms with Gasteiger partial charge in [-0.3, -0.25) is 10.2 Å². The molecule has 1 unspecified atom stereocenters. The van der Waals surface area contributed by atoms with Crippen LogP contribution < -0.4 is 5.32 Å². The Hall–Kier alpha value is -2.52. The molecule has 2 N–H and O–H groups in total. The smallest absolute Gasteiger partial charge is 0.158 e. The Labute approximate surface area is 156 Å². The van der Waals surface area contributed by atoms with E-state index in [0.29, 0.717) is 26.9 Å². The molecule has 1 aliphatic rings. The van der Waals surface area contributed by atoms with Crippen LogP contribution in [-0.2, 0) is 4.79 Å². The Balaban J connectivity index is 2.29. The zero-order chi connectivity index (χ0) is 18.0. The summed E-state index contributed by atoms with van der Waals surface area (Å²) in [6, 6.07) is 16.8. The average Bonchev–Trinajstić information content (AvgIpc) is 2.62. The van der Waals surface area contributed by atoms with Gasteiger partial charge in [0.1, 0.15) is 4.99 Å². The van der Waals surface area contributed by atoms with Crippen LogP contribution in [0.3, 0.4) is 0 Å². The van der Waals surface area contributed by atoms with Crippen molar-refractivity contribution in [2.24, 2.45) is 0 Å². The van der Waals surface area contributed by atoms with Crippen LogP contribution in [0.5, 0.6) is 0 Å². The molecule has 0 radical (unpaired) electrons. The topological polar surface area (TPSA) is 53.0 Å². The number of carbonyl (C=O) groups is 1. The molecule has 0 aromatic heterocycles. The van der Waals surface area contributed by atoms with E-state index in [1.54, 1.807) is 12.1 Å². The highest BCUT2D eigenvalue weighted by Gasteiger charge is 2.34. The van der Waals surface area contributed by atoms with E-state index in [0.717, 1.165) is 11.1 Å². The molecule has 0 bridgehead atoms. The molecule has 0 amide bonds. The van der Waals surface area contributed by atoms with Crippen LogP contribution in [0.4, 0.5) is 0 Å². The largest absolute Gasteiger partial charge is 0.345 e. The van der Waals surface area contributed by atoms with E-state index in [2.05, 4.69) is 11.2 Å². The first-order valence-electron chi connectivity index (χ1n) is 7.70. The molecular formula is C20H15ClN2OS. The summed E-state index contributed by atoms with van der Waals surface area (Å²) in [4.78, 5) is 12.9. The lowest BCUT2D eigenvalue weighted by molar-refractivity contribution is -0.113. The van der Waals surface area contributed by atoms with Gasteiger partial charge in [0, 0.05) is 10.6 Å². The quantitative estimate of drug-likeness (QED) is 0.476. The van der Waals surface area contributed by atoms with Crippen LogP contribution in [0, 0.1) is 5.41 Å². The van der Waals surface area contributed by atoms with Crippen LogP contribution in [-0.4, -0.2) is 16.6 Å². The maximum atomic E-state index is 12.5. The van der Waals surface area contributed by atoms with Crippen molar-refractivity contribution in [3.05, 3.63) is 81.9 Å². The van der Waals surface area contributed by atoms with Crippen LogP contribution in [0.15, 0.2) is 65.7 Å². The predicted octanol–water partition coefficient (Wildman–Crippen LogP) is 4.53. The normalized spacial score (nSPS) is 17.1. The van der Waals surface area contributed by atoms with Crippen molar-refractivity contribution in [1.29, 1.82) is 5.41 Å². The number of carbonyl (C=O) groups excluding carboxylic acids is 1. The van der Waals surface area contributed by atoms with Crippen LogP contribution in [0.2, 0.25) is 5.02 Å². The number of thiocarbonyl (C=S) groups is 1. The Morgan fingerprint density at radius 2 is 1.80 bits per heavy atom. The SMILES string of the molecule is CC(=O)C1=C(c2ccccc2)NC(=S)C(=C=N)C1c1ccc(Cl)cc1. The molecule has 1 atom stereocenters. The Morgan fingerprint density at radius 3 is 2.36 bits per heavy atom. The second kappa shape index (κ2) is 7.16. The molecule has 2 aromatic rings. The predicted molar refractivity (Wildman–Crippen MR) is 105 cm³/mol. The summed E-state index contributed by atoms with van der Waals surface area (Å²) >= 11 is 11.4. The maximum absolute atomic E-state index is 12.5. The summed E-state index contributed by atoms with van der Waals surface area (Å²) in [6.45, 7) is 1.53. The second-order valence-corrected chi connectivity index (χ2v) is 6.53. The zero-order valence-electron chi connectivity index (χ0n) is 13.5. The molecule has 3 nitrogen and oxygen atoms in total. The van der Waals surface area contributed by atoms with Gasteiger partial charge in [-0.05, 0) is 36.1 Å².